The molecule has 1 aliphatic carbocycles. The molecule has 0 aliphatic heterocycles. The molecule has 0 radical (unpaired) electrons. The van der Waals surface area contributed by atoms with Gasteiger partial charge < -0.3 is 10.4 Å². The molecule has 1 aliphatic rings. The van der Waals surface area contributed by atoms with E-state index in [-0.39, 0.29) is 18.1 Å². The van der Waals surface area contributed by atoms with Crippen molar-refractivity contribution in [1.82, 2.24) is 5.32 Å². The number of nitrogens with one attached hydrogen (secondary N) is 1. The standard InChI is InChI=1S/C15H21NO2S/c17-12-15(9-5-2-6-10-15)16-14(18)11-19-13-7-3-1-4-8-13/h1,3-4,7-8,17H,2,5-6,9-12H2,(H,16,18). The summed E-state index contributed by atoms with van der Waals surface area (Å²) in [7, 11) is 0. The van der Waals surface area contributed by atoms with Crippen molar-refractivity contribution < 1.29 is 9.90 Å². The number of hydrogen-bond donors (Lipinski definition) is 2. The highest BCUT2D eigenvalue weighted by molar-refractivity contribution is 8.00. The zero-order valence-corrected chi connectivity index (χ0v) is 11.9. The number of aliphatic hydroxyl groups excluding tert-OH is 1. The zero-order valence-electron chi connectivity index (χ0n) is 11.1. The molecule has 0 aromatic heterocycles. The van der Waals surface area contributed by atoms with Crippen LogP contribution in [0.4, 0.5) is 0 Å². The van der Waals surface area contributed by atoms with E-state index in [0.29, 0.717) is 5.75 Å². The molecule has 0 unspecified atom stereocenters. The summed E-state index contributed by atoms with van der Waals surface area (Å²) in [6, 6.07) is 9.90. The Morgan fingerprint density at radius 2 is 1.89 bits per heavy atom. The van der Waals surface area contributed by atoms with Gasteiger partial charge in [0.1, 0.15) is 0 Å². The Kier molecular flexibility index (Phi) is 5.28. The second kappa shape index (κ2) is 6.96. The first-order chi connectivity index (χ1) is 9.24. The van der Waals surface area contributed by atoms with Crippen molar-refractivity contribution in [2.24, 2.45) is 0 Å². The van der Waals surface area contributed by atoms with Gasteiger partial charge in [0.2, 0.25) is 5.91 Å². The number of rotatable bonds is 5. The Labute approximate surface area is 118 Å². The summed E-state index contributed by atoms with van der Waals surface area (Å²) >= 11 is 1.53. The number of carbonyl (C=O) groups is 1. The van der Waals surface area contributed by atoms with Gasteiger partial charge >= 0.3 is 0 Å². The van der Waals surface area contributed by atoms with Gasteiger partial charge in [-0.2, -0.15) is 0 Å². The van der Waals surface area contributed by atoms with E-state index in [9.17, 15) is 9.90 Å². The minimum Gasteiger partial charge on any atom is -0.394 e. The molecule has 0 spiro atoms. The van der Waals surface area contributed by atoms with Gasteiger partial charge in [-0.1, -0.05) is 37.5 Å². The highest BCUT2D eigenvalue weighted by Crippen LogP contribution is 2.28. The second-order valence-corrected chi connectivity index (χ2v) is 6.20. The van der Waals surface area contributed by atoms with Crippen LogP contribution in [0, 0.1) is 0 Å². The van der Waals surface area contributed by atoms with Crippen LogP contribution in [-0.2, 0) is 4.79 Å². The summed E-state index contributed by atoms with van der Waals surface area (Å²) in [5.41, 5.74) is -0.368. The molecular formula is C15H21NO2S. The van der Waals surface area contributed by atoms with E-state index in [1.807, 2.05) is 30.3 Å². The smallest absolute Gasteiger partial charge is 0.230 e. The number of thioether (sulfide) groups is 1. The molecule has 3 nitrogen and oxygen atoms in total. The average molecular weight is 279 g/mol. The molecule has 4 heteroatoms. The maximum absolute atomic E-state index is 12.0. The first-order valence-corrected chi connectivity index (χ1v) is 7.82. The second-order valence-electron chi connectivity index (χ2n) is 5.15. The van der Waals surface area contributed by atoms with Gasteiger partial charge in [0, 0.05) is 4.90 Å². The summed E-state index contributed by atoms with van der Waals surface area (Å²) in [6.07, 6.45) is 5.17. The molecule has 104 valence electrons. The topological polar surface area (TPSA) is 49.3 Å². The van der Waals surface area contributed by atoms with Gasteiger partial charge in [0.05, 0.1) is 17.9 Å². The van der Waals surface area contributed by atoms with Crippen LogP contribution in [-0.4, -0.2) is 28.9 Å². The van der Waals surface area contributed by atoms with Gasteiger partial charge in [-0.3, -0.25) is 4.79 Å². The lowest BCUT2D eigenvalue weighted by atomic mass is 9.82. The van der Waals surface area contributed by atoms with Crippen molar-refractivity contribution in [3.8, 4) is 0 Å². The van der Waals surface area contributed by atoms with Crippen molar-refractivity contribution >= 4 is 17.7 Å². The van der Waals surface area contributed by atoms with Gasteiger partial charge in [0.25, 0.3) is 0 Å². The van der Waals surface area contributed by atoms with E-state index in [1.54, 1.807) is 0 Å². The third-order valence-electron chi connectivity index (χ3n) is 3.63. The predicted molar refractivity (Wildman–Crippen MR) is 78.2 cm³/mol. The molecule has 1 aromatic carbocycles. The highest BCUT2D eigenvalue weighted by atomic mass is 32.2. The molecule has 1 amide bonds. The van der Waals surface area contributed by atoms with Crippen molar-refractivity contribution in [3.63, 3.8) is 0 Å². The maximum Gasteiger partial charge on any atom is 0.230 e. The van der Waals surface area contributed by atoms with E-state index in [4.69, 9.17) is 0 Å². The minimum absolute atomic E-state index is 0.0183. The fourth-order valence-electron chi connectivity index (χ4n) is 2.55. The molecule has 1 aromatic rings. The van der Waals surface area contributed by atoms with Crippen LogP contribution in [0.3, 0.4) is 0 Å². The van der Waals surface area contributed by atoms with E-state index < -0.39 is 0 Å². The quantitative estimate of drug-likeness (QED) is 0.815. The summed E-state index contributed by atoms with van der Waals surface area (Å²) in [5.74, 6) is 0.427. The summed E-state index contributed by atoms with van der Waals surface area (Å²) in [4.78, 5) is 13.1. The lowest BCUT2D eigenvalue weighted by Gasteiger charge is -2.36. The molecule has 0 saturated heterocycles. The first kappa shape index (κ1) is 14.4. The van der Waals surface area contributed by atoms with Gasteiger partial charge in [-0.15, -0.1) is 11.8 Å². The number of carbonyl (C=O) groups excluding carboxylic acids is 1. The lowest BCUT2D eigenvalue weighted by Crippen LogP contribution is -2.53. The van der Waals surface area contributed by atoms with Crippen molar-refractivity contribution in [2.75, 3.05) is 12.4 Å². The Bertz CT molecular complexity index is 402. The van der Waals surface area contributed by atoms with Crippen LogP contribution in [0.5, 0.6) is 0 Å². The van der Waals surface area contributed by atoms with Gasteiger partial charge in [0.15, 0.2) is 0 Å². The monoisotopic (exact) mass is 279 g/mol. The number of benzene rings is 1. The third kappa shape index (κ3) is 4.25. The van der Waals surface area contributed by atoms with Crippen molar-refractivity contribution in [3.05, 3.63) is 30.3 Å². The molecule has 0 atom stereocenters. The zero-order chi connectivity index (χ0) is 13.6. The van der Waals surface area contributed by atoms with Crippen LogP contribution in [0.1, 0.15) is 32.1 Å². The van der Waals surface area contributed by atoms with Crippen LogP contribution in [0.25, 0.3) is 0 Å². The average Bonchev–Trinajstić information content (AvgIpc) is 2.47. The van der Waals surface area contributed by atoms with Crippen LogP contribution >= 0.6 is 11.8 Å². The summed E-state index contributed by atoms with van der Waals surface area (Å²) in [5, 5.41) is 12.6. The van der Waals surface area contributed by atoms with Gasteiger partial charge in [-0.05, 0) is 25.0 Å². The highest BCUT2D eigenvalue weighted by Gasteiger charge is 2.32. The Balaban J connectivity index is 1.83. The molecule has 2 N–H and O–H groups in total. The molecular weight excluding hydrogens is 258 g/mol. The van der Waals surface area contributed by atoms with Crippen LogP contribution in [0.15, 0.2) is 35.2 Å². The third-order valence-corrected chi connectivity index (χ3v) is 4.64. The van der Waals surface area contributed by atoms with Crippen molar-refractivity contribution in [2.45, 2.75) is 42.5 Å². The van der Waals surface area contributed by atoms with E-state index >= 15 is 0 Å². The largest absolute Gasteiger partial charge is 0.394 e. The molecule has 0 heterocycles. The molecule has 19 heavy (non-hydrogen) atoms. The Morgan fingerprint density at radius 1 is 1.21 bits per heavy atom. The molecule has 0 bridgehead atoms. The molecule has 2 rings (SSSR count). The fourth-order valence-corrected chi connectivity index (χ4v) is 3.27. The predicted octanol–water partition coefficient (Wildman–Crippen LogP) is 2.59. The normalized spacial score (nSPS) is 17.9. The summed E-state index contributed by atoms with van der Waals surface area (Å²) < 4.78 is 0. The number of aliphatic hydroxyl groups is 1. The van der Waals surface area contributed by atoms with E-state index in [1.165, 1.54) is 18.2 Å². The Morgan fingerprint density at radius 3 is 2.53 bits per heavy atom. The lowest BCUT2D eigenvalue weighted by molar-refractivity contribution is -0.121. The number of hydrogen-bond acceptors (Lipinski definition) is 3. The SMILES string of the molecule is O=C(CSc1ccccc1)NC1(CO)CCCCC1. The van der Waals surface area contributed by atoms with E-state index in [2.05, 4.69) is 5.32 Å². The minimum atomic E-state index is -0.368. The van der Waals surface area contributed by atoms with Crippen LogP contribution < -0.4 is 5.32 Å². The van der Waals surface area contributed by atoms with Crippen molar-refractivity contribution in [1.29, 1.82) is 0 Å². The van der Waals surface area contributed by atoms with Crippen LogP contribution in [0.2, 0.25) is 0 Å². The Hall–Kier alpha value is -1.00. The fraction of sp³-hybridized carbons (Fsp3) is 0.533. The van der Waals surface area contributed by atoms with E-state index in [0.717, 1.165) is 30.6 Å². The first-order valence-electron chi connectivity index (χ1n) is 6.84. The molecule has 1 saturated carbocycles. The maximum atomic E-state index is 12.0. The number of amides is 1. The summed E-state index contributed by atoms with van der Waals surface area (Å²) in [6.45, 7) is 0.0503. The molecule has 1 fully saturated rings. The van der Waals surface area contributed by atoms with Gasteiger partial charge in [-0.25, -0.2) is 0 Å².